The van der Waals surface area contributed by atoms with E-state index < -0.39 is 5.97 Å². The summed E-state index contributed by atoms with van der Waals surface area (Å²) in [5, 5.41) is 12.3. The molecule has 0 radical (unpaired) electrons. The topological polar surface area (TPSA) is 75.1 Å². The number of hydrogen-bond acceptors (Lipinski definition) is 4. The highest BCUT2D eigenvalue weighted by Gasteiger charge is 2.08. The van der Waals surface area contributed by atoms with Crippen LogP contribution >= 0.6 is 0 Å². The Hall–Kier alpha value is -2.43. The van der Waals surface area contributed by atoms with Crippen molar-refractivity contribution in [3.8, 4) is 0 Å². The molecule has 0 aliphatic carbocycles. The fourth-order valence-corrected chi connectivity index (χ4v) is 1.97. The molecule has 2 rings (SSSR count). The molecule has 2 N–H and O–H groups in total. The number of hydrogen-bond donors (Lipinski definition) is 2. The second kappa shape index (κ2) is 6.14. The zero-order valence-corrected chi connectivity index (χ0v) is 11.6. The van der Waals surface area contributed by atoms with Gasteiger partial charge >= 0.3 is 5.97 Å². The lowest BCUT2D eigenvalue weighted by Gasteiger charge is -2.10. The highest BCUT2D eigenvalue weighted by Crippen LogP contribution is 2.12. The number of carboxylic acids is 1. The van der Waals surface area contributed by atoms with Crippen LogP contribution in [-0.4, -0.2) is 27.6 Å². The molecule has 5 heteroatoms. The van der Waals surface area contributed by atoms with E-state index in [1.54, 1.807) is 18.3 Å². The lowest BCUT2D eigenvalue weighted by molar-refractivity contribution is 0.0695. The van der Waals surface area contributed by atoms with E-state index in [9.17, 15) is 4.79 Å². The summed E-state index contributed by atoms with van der Waals surface area (Å²) in [6.45, 7) is 4.39. The Bertz CT molecular complexity index is 626. The molecule has 0 spiro atoms. The van der Waals surface area contributed by atoms with Crippen LogP contribution in [-0.2, 0) is 6.42 Å². The smallest absolute Gasteiger partial charge is 0.335 e. The van der Waals surface area contributed by atoms with Crippen molar-refractivity contribution in [1.82, 2.24) is 9.97 Å². The molecule has 1 aromatic heterocycles. The first-order chi connectivity index (χ1) is 9.58. The zero-order chi connectivity index (χ0) is 14.5. The summed E-state index contributed by atoms with van der Waals surface area (Å²) in [4.78, 5) is 19.7. The number of anilines is 1. The second-order valence-electron chi connectivity index (χ2n) is 4.58. The van der Waals surface area contributed by atoms with E-state index in [1.807, 2.05) is 26.0 Å². The Morgan fingerprint density at radius 2 is 2.05 bits per heavy atom. The summed E-state index contributed by atoms with van der Waals surface area (Å²) in [6.07, 6.45) is 2.35. The van der Waals surface area contributed by atoms with Gasteiger partial charge < -0.3 is 10.4 Å². The average molecular weight is 271 g/mol. The van der Waals surface area contributed by atoms with Crippen molar-refractivity contribution >= 4 is 11.8 Å². The van der Waals surface area contributed by atoms with Crippen molar-refractivity contribution in [3.63, 3.8) is 0 Å². The molecular weight excluding hydrogens is 254 g/mol. The molecule has 0 saturated carbocycles. The Labute approximate surface area is 117 Å². The van der Waals surface area contributed by atoms with Gasteiger partial charge in [0.2, 0.25) is 0 Å². The van der Waals surface area contributed by atoms with Crippen molar-refractivity contribution in [3.05, 3.63) is 53.0 Å². The quantitative estimate of drug-likeness (QED) is 0.873. The van der Waals surface area contributed by atoms with Crippen molar-refractivity contribution in [1.29, 1.82) is 0 Å². The number of aromatic carboxylic acids is 1. The highest BCUT2D eigenvalue weighted by molar-refractivity contribution is 5.89. The molecule has 0 atom stereocenters. The molecule has 20 heavy (non-hydrogen) atoms. The average Bonchev–Trinajstić information content (AvgIpc) is 2.43. The highest BCUT2D eigenvalue weighted by atomic mass is 16.4. The number of nitrogens with one attached hydrogen (secondary N) is 1. The Morgan fingerprint density at radius 3 is 2.80 bits per heavy atom. The molecule has 1 aromatic carbocycles. The maximum atomic E-state index is 11.1. The first-order valence-corrected chi connectivity index (χ1v) is 6.43. The fourth-order valence-electron chi connectivity index (χ4n) is 1.97. The molecule has 0 saturated heterocycles. The maximum Gasteiger partial charge on any atom is 0.335 e. The van der Waals surface area contributed by atoms with Gasteiger partial charge in [0.1, 0.15) is 5.82 Å². The Morgan fingerprint density at radius 1 is 1.30 bits per heavy atom. The van der Waals surface area contributed by atoms with Crippen LogP contribution < -0.4 is 5.32 Å². The van der Waals surface area contributed by atoms with Crippen LogP contribution in [0.15, 0.2) is 30.5 Å². The van der Waals surface area contributed by atoms with Crippen LogP contribution in [0.1, 0.15) is 27.3 Å². The van der Waals surface area contributed by atoms with Gasteiger partial charge in [0, 0.05) is 12.7 Å². The van der Waals surface area contributed by atoms with Crippen LogP contribution in [0, 0.1) is 13.8 Å². The third-order valence-electron chi connectivity index (χ3n) is 3.01. The van der Waals surface area contributed by atoms with Crippen LogP contribution in [0.5, 0.6) is 0 Å². The van der Waals surface area contributed by atoms with Crippen LogP contribution in [0.25, 0.3) is 0 Å². The monoisotopic (exact) mass is 271 g/mol. The van der Waals surface area contributed by atoms with Gasteiger partial charge in [0.05, 0.1) is 17.0 Å². The molecule has 0 aliphatic heterocycles. The first kappa shape index (κ1) is 14.0. The lowest BCUT2D eigenvalue weighted by atomic mass is 10.0. The first-order valence-electron chi connectivity index (χ1n) is 6.43. The van der Waals surface area contributed by atoms with Gasteiger partial charge in [0.25, 0.3) is 0 Å². The number of aromatic nitrogens is 2. The van der Waals surface area contributed by atoms with E-state index in [4.69, 9.17) is 5.11 Å². The summed E-state index contributed by atoms with van der Waals surface area (Å²) in [5.41, 5.74) is 2.85. The number of carbonyl (C=O) groups is 1. The molecule has 0 fully saturated rings. The number of nitrogens with zero attached hydrogens (tertiary/aromatic N) is 2. The van der Waals surface area contributed by atoms with Crippen molar-refractivity contribution in [2.24, 2.45) is 0 Å². The fraction of sp³-hybridized carbons (Fsp3) is 0.267. The van der Waals surface area contributed by atoms with Crippen molar-refractivity contribution < 1.29 is 9.90 Å². The minimum Gasteiger partial charge on any atom is -0.478 e. The molecule has 1 heterocycles. The van der Waals surface area contributed by atoms with E-state index in [1.165, 1.54) is 0 Å². The predicted octanol–water partition coefficient (Wildman–Crippen LogP) is 2.45. The molecule has 104 valence electrons. The van der Waals surface area contributed by atoms with Crippen LogP contribution in [0.2, 0.25) is 0 Å². The van der Waals surface area contributed by atoms with Gasteiger partial charge in [-0.05, 0) is 31.9 Å². The normalized spacial score (nSPS) is 10.3. The SMILES string of the molecule is Cc1cnc(C)c(NCCc2ccccc2C(=O)O)n1. The largest absolute Gasteiger partial charge is 0.478 e. The van der Waals surface area contributed by atoms with Gasteiger partial charge in [-0.2, -0.15) is 0 Å². The molecule has 0 unspecified atom stereocenters. The summed E-state index contributed by atoms with van der Waals surface area (Å²) in [6, 6.07) is 7.03. The lowest BCUT2D eigenvalue weighted by Crippen LogP contribution is -2.11. The van der Waals surface area contributed by atoms with E-state index in [-0.39, 0.29) is 0 Å². The second-order valence-corrected chi connectivity index (χ2v) is 4.58. The van der Waals surface area contributed by atoms with Crippen LogP contribution in [0.3, 0.4) is 0 Å². The Kier molecular flexibility index (Phi) is 4.30. The van der Waals surface area contributed by atoms with E-state index in [0.29, 0.717) is 18.5 Å². The maximum absolute atomic E-state index is 11.1. The zero-order valence-electron chi connectivity index (χ0n) is 11.6. The Balaban J connectivity index is 2.03. The number of rotatable bonds is 5. The summed E-state index contributed by atoms with van der Waals surface area (Å²) in [5.74, 6) is -0.148. The predicted molar refractivity (Wildman–Crippen MR) is 77.1 cm³/mol. The van der Waals surface area contributed by atoms with Crippen molar-refractivity contribution in [2.45, 2.75) is 20.3 Å². The molecule has 5 nitrogen and oxygen atoms in total. The third kappa shape index (κ3) is 3.32. The number of carboxylic acid groups (broad SMARTS) is 1. The van der Waals surface area contributed by atoms with E-state index in [0.717, 1.165) is 22.8 Å². The van der Waals surface area contributed by atoms with Gasteiger partial charge in [-0.3, -0.25) is 4.98 Å². The molecule has 0 amide bonds. The van der Waals surface area contributed by atoms with E-state index >= 15 is 0 Å². The van der Waals surface area contributed by atoms with Gasteiger partial charge in [-0.1, -0.05) is 18.2 Å². The van der Waals surface area contributed by atoms with Crippen molar-refractivity contribution in [2.75, 3.05) is 11.9 Å². The third-order valence-corrected chi connectivity index (χ3v) is 3.01. The summed E-state index contributed by atoms with van der Waals surface area (Å²) < 4.78 is 0. The molecular formula is C15H17N3O2. The molecule has 2 aromatic rings. The number of aryl methyl sites for hydroxylation is 2. The van der Waals surface area contributed by atoms with Gasteiger partial charge in [-0.15, -0.1) is 0 Å². The van der Waals surface area contributed by atoms with E-state index in [2.05, 4.69) is 15.3 Å². The van der Waals surface area contributed by atoms with Gasteiger partial charge in [-0.25, -0.2) is 9.78 Å². The summed E-state index contributed by atoms with van der Waals surface area (Å²) >= 11 is 0. The standard InChI is InChI=1S/C15H17N3O2/c1-10-9-17-11(2)14(18-10)16-8-7-12-5-3-4-6-13(12)15(19)20/h3-6,9H,7-8H2,1-2H3,(H,16,18)(H,19,20). The summed E-state index contributed by atoms with van der Waals surface area (Å²) in [7, 11) is 0. The van der Waals surface area contributed by atoms with Crippen LogP contribution in [0.4, 0.5) is 5.82 Å². The van der Waals surface area contributed by atoms with Gasteiger partial charge in [0.15, 0.2) is 0 Å². The molecule has 0 aliphatic rings. The number of benzene rings is 1. The minimum atomic E-state index is -0.896. The minimum absolute atomic E-state index is 0.348. The molecule has 0 bridgehead atoms.